The van der Waals surface area contributed by atoms with Gasteiger partial charge in [-0.15, -0.1) is 0 Å². The van der Waals surface area contributed by atoms with Gasteiger partial charge in [0.1, 0.15) is 0 Å². The minimum Gasteiger partial charge on any atom is -0.393 e. The van der Waals surface area contributed by atoms with Gasteiger partial charge in [0.05, 0.1) is 12.2 Å². The van der Waals surface area contributed by atoms with Crippen LogP contribution in [0.3, 0.4) is 0 Å². The second kappa shape index (κ2) is 6.86. The monoisotopic (exact) mass is 229 g/mol. The molecule has 94 valence electrons. The van der Waals surface area contributed by atoms with Gasteiger partial charge in [-0.2, -0.15) is 0 Å². The molecule has 0 saturated heterocycles. The molecule has 0 radical (unpaired) electrons. The molecule has 0 heterocycles. The minimum atomic E-state index is -0.415. The number of rotatable bonds is 5. The number of carbonyl (C=O) groups excluding carboxylic acids is 1. The van der Waals surface area contributed by atoms with Crippen LogP contribution in [0.2, 0.25) is 0 Å². The molecule has 1 rings (SSSR count). The summed E-state index contributed by atoms with van der Waals surface area (Å²) in [6, 6.07) is 0. The highest BCUT2D eigenvalue weighted by Gasteiger charge is 2.20. The molecule has 0 bridgehead atoms. The zero-order valence-corrected chi connectivity index (χ0v) is 9.98. The predicted molar refractivity (Wildman–Crippen MR) is 61.9 cm³/mol. The Kier molecular flexibility index (Phi) is 5.77. The lowest BCUT2D eigenvalue weighted by atomic mass is 9.87. The van der Waals surface area contributed by atoms with Gasteiger partial charge in [0.25, 0.3) is 0 Å². The van der Waals surface area contributed by atoms with Crippen LogP contribution in [0, 0.1) is 5.92 Å². The summed E-state index contributed by atoms with van der Waals surface area (Å²) in [5, 5.41) is 21.4. The maximum Gasteiger partial charge on any atom is 0.220 e. The van der Waals surface area contributed by atoms with Crippen LogP contribution in [-0.2, 0) is 4.79 Å². The van der Waals surface area contributed by atoms with Crippen LogP contribution >= 0.6 is 0 Å². The smallest absolute Gasteiger partial charge is 0.220 e. The second-order valence-electron chi connectivity index (χ2n) is 4.88. The van der Waals surface area contributed by atoms with Crippen LogP contribution in [0.15, 0.2) is 0 Å². The lowest BCUT2D eigenvalue weighted by Gasteiger charge is -2.25. The van der Waals surface area contributed by atoms with Crippen LogP contribution in [0.5, 0.6) is 0 Å². The highest BCUT2D eigenvalue weighted by molar-refractivity contribution is 5.75. The molecule has 16 heavy (non-hydrogen) atoms. The topological polar surface area (TPSA) is 69.6 Å². The highest BCUT2D eigenvalue weighted by Crippen LogP contribution is 2.23. The SMILES string of the molecule is CC(O)CCC(=O)NCC1CCCC(O)C1. The number of nitrogens with one attached hydrogen (secondary N) is 1. The average molecular weight is 229 g/mol. The summed E-state index contributed by atoms with van der Waals surface area (Å²) in [7, 11) is 0. The van der Waals surface area contributed by atoms with Crippen LogP contribution in [0.1, 0.15) is 45.4 Å². The fraction of sp³-hybridized carbons (Fsp3) is 0.917. The summed E-state index contributed by atoms with van der Waals surface area (Å²) in [5.74, 6) is 0.417. The van der Waals surface area contributed by atoms with E-state index in [1.807, 2.05) is 0 Å². The van der Waals surface area contributed by atoms with Gasteiger partial charge in [0.15, 0.2) is 0 Å². The third kappa shape index (κ3) is 5.47. The molecule has 0 aliphatic heterocycles. The molecule has 0 aromatic heterocycles. The molecular formula is C12H23NO3. The molecule has 1 aliphatic rings. The molecule has 3 atom stereocenters. The van der Waals surface area contributed by atoms with Crippen LogP contribution in [0.25, 0.3) is 0 Å². The maximum absolute atomic E-state index is 11.4. The molecule has 0 aromatic rings. The van der Waals surface area contributed by atoms with Gasteiger partial charge < -0.3 is 15.5 Å². The van der Waals surface area contributed by atoms with E-state index in [0.29, 0.717) is 25.3 Å². The molecule has 3 N–H and O–H groups in total. The third-order valence-corrected chi connectivity index (χ3v) is 3.13. The zero-order chi connectivity index (χ0) is 12.0. The van der Waals surface area contributed by atoms with Crippen molar-refractivity contribution in [1.29, 1.82) is 0 Å². The fourth-order valence-corrected chi connectivity index (χ4v) is 2.13. The Morgan fingerprint density at radius 3 is 2.88 bits per heavy atom. The van der Waals surface area contributed by atoms with Gasteiger partial charge in [-0.1, -0.05) is 6.42 Å². The van der Waals surface area contributed by atoms with Crippen molar-refractivity contribution in [2.75, 3.05) is 6.54 Å². The molecular weight excluding hydrogens is 206 g/mol. The van der Waals surface area contributed by atoms with E-state index in [1.165, 1.54) is 0 Å². The van der Waals surface area contributed by atoms with E-state index in [1.54, 1.807) is 6.92 Å². The molecule has 0 spiro atoms. The molecule has 1 aliphatic carbocycles. The van der Waals surface area contributed by atoms with E-state index in [4.69, 9.17) is 5.11 Å². The first-order valence-electron chi connectivity index (χ1n) is 6.20. The van der Waals surface area contributed by atoms with Crippen molar-refractivity contribution < 1.29 is 15.0 Å². The van der Waals surface area contributed by atoms with Gasteiger partial charge >= 0.3 is 0 Å². The van der Waals surface area contributed by atoms with Gasteiger partial charge in [-0.3, -0.25) is 4.79 Å². The Hall–Kier alpha value is -0.610. The Bertz CT molecular complexity index is 218. The van der Waals surface area contributed by atoms with Crippen LogP contribution < -0.4 is 5.32 Å². The van der Waals surface area contributed by atoms with Crippen molar-refractivity contribution in [3.8, 4) is 0 Å². The van der Waals surface area contributed by atoms with E-state index in [0.717, 1.165) is 25.7 Å². The molecule has 3 unspecified atom stereocenters. The summed E-state index contributed by atoms with van der Waals surface area (Å²) in [5.41, 5.74) is 0. The summed E-state index contributed by atoms with van der Waals surface area (Å²) in [4.78, 5) is 11.4. The van der Waals surface area contributed by atoms with Crippen LogP contribution in [-0.4, -0.2) is 34.9 Å². The number of hydrogen-bond donors (Lipinski definition) is 3. The Balaban J connectivity index is 2.11. The largest absolute Gasteiger partial charge is 0.393 e. The first kappa shape index (κ1) is 13.5. The van der Waals surface area contributed by atoms with Crippen molar-refractivity contribution in [3.63, 3.8) is 0 Å². The van der Waals surface area contributed by atoms with E-state index in [-0.39, 0.29) is 12.0 Å². The first-order chi connectivity index (χ1) is 7.58. The maximum atomic E-state index is 11.4. The van der Waals surface area contributed by atoms with Crippen molar-refractivity contribution in [1.82, 2.24) is 5.32 Å². The van der Waals surface area contributed by atoms with E-state index < -0.39 is 6.10 Å². The number of carbonyl (C=O) groups is 1. The summed E-state index contributed by atoms with van der Waals surface area (Å²) in [6.45, 7) is 2.35. The van der Waals surface area contributed by atoms with E-state index >= 15 is 0 Å². The Labute approximate surface area is 97.0 Å². The summed E-state index contributed by atoms with van der Waals surface area (Å²) in [6.07, 6.45) is 4.13. The van der Waals surface area contributed by atoms with Gasteiger partial charge in [-0.05, 0) is 38.5 Å². The number of aliphatic hydroxyl groups is 2. The molecule has 1 fully saturated rings. The van der Waals surface area contributed by atoms with Gasteiger partial charge in [-0.25, -0.2) is 0 Å². The van der Waals surface area contributed by atoms with Gasteiger partial charge in [0.2, 0.25) is 5.91 Å². The summed E-state index contributed by atoms with van der Waals surface area (Å²) >= 11 is 0. The van der Waals surface area contributed by atoms with Crippen molar-refractivity contribution in [3.05, 3.63) is 0 Å². The number of amides is 1. The van der Waals surface area contributed by atoms with Crippen molar-refractivity contribution >= 4 is 5.91 Å². The van der Waals surface area contributed by atoms with E-state index in [9.17, 15) is 9.90 Å². The molecule has 4 nitrogen and oxygen atoms in total. The lowest BCUT2D eigenvalue weighted by Crippen LogP contribution is -2.33. The fourth-order valence-electron chi connectivity index (χ4n) is 2.13. The molecule has 0 aromatic carbocycles. The van der Waals surface area contributed by atoms with Crippen molar-refractivity contribution in [2.45, 2.75) is 57.7 Å². The standard InChI is InChI=1S/C12H23NO3/c1-9(14)5-6-12(16)13-8-10-3-2-4-11(15)7-10/h9-11,14-15H,2-8H2,1H3,(H,13,16). The normalized spacial score (nSPS) is 27.4. The average Bonchev–Trinajstić information content (AvgIpc) is 2.23. The molecule has 1 amide bonds. The zero-order valence-electron chi connectivity index (χ0n) is 9.98. The first-order valence-corrected chi connectivity index (χ1v) is 6.20. The Morgan fingerprint density at radius 2 is 2.25 bits per heavy atom. The minimum absolute atomic E-state index is 0.000892. The van der Waals surface area contributed by atoms with Gasteiger partial charge in [0, 0.05) is 13.0 Å². The number of hydrogen-bond acceptors (Lipinski definition) is 3. The lowest BCUT2D eigenvalue weighted by molar-refractivity contribution is -0.121. The summed E-state index contributed by atoms with van der Waals surface area (Å²) < 4.78 is 0. The molecule has 4 heteroatoms. The predicted octanol–water partition coefficient (Wildman–Crippen LogP) is 0.815. The van der Waals surface area contributed by atoms with E-state index in [2.05, 4.69) is 5.32 Å². The third-order valence-electron chi connectivity index (χ3n) is 3.13. The van der Waals surface area contributed by atoms with Crippen molar-refractivity contribution in [2.24, 2.45) is 5.92 Å². The highest BCUT2D eigenvalue weighted by atomic mass is 16.3. The molecule has 1 saturated carbocycles. The van der Waals surface area contributed by atoms with Crippen LogP contribution in [0.4, 0.5) is 0 Å². The quantitative estimate of drug-likeness (QED) is 0.653. The number of aliphatic hydroxyl groups excluding tert-OH is 2. The second-order valence-corrected chi connectivity index (χ2v) is 4.88. The Morgan fingerprint density at radius 1 is 1.50 bits per heavy atom.